The summed E-state index contributed by atoms with van der Waals surface area (Å²) in [6.45, 7) is 1.93. The van der Waals surface area contributed by atoms with Gasteiger partial charge in [-0.05, 0) is 36.9 Å². The molecule has 0 aromatic carbocycles. The van der Waals surface area contributed by atoms with Crippen molar-refractivity contribution in [1.29, 1.82) is 0 Å². The third-order valence-corrected chi connectivity index (χ3v) is 2.67. The van der Waals surface area contributed by atoms with E-state index < -0.39 is 0 Å². The Hall–Kier alpha value is -1.62. The number of pyridine rings is 1. The highest BCUT2D eigenvalue weighted by Gasteiger charge is 2.05. The minimum atomic E-state index is 0.651. The van der Waals surface area contributed by atoms with Gasteiger partial charge in [0.05, 0.1) is 5.69 Å². The van der Waals surface area contributed by atoms with Crippen LogP contribution in [0.25, 0.3) is 0 Å². The molecular formula is C10H10N4S. The van der Waals surface area contributed by atoms with Gasteiger partial charge in [0, 0.05) is 18.1 Å². The van der Waals surface area contributed by atoms with Crippen LogP contribution in [0.1, 0.15) is 5.69 Å². The molecule has 4 nitrogen and oxygen atoms in total. The molecule has 2 N–H and O–H groups in total. The first-order valence-corrected chi connectivity index (χ1v) is 5.25. The Bertz CT molecular complexity index is 458. The molecule has 0 aliphatic rings. The molecule has 0 spiro atoms. The molecule has 0 saturated heterocycles. The van der Waals surface area contributed by atoms with Crippen molar-refractivity contribution >= 4 is 17.4 Å². The zero-order chi connectivity index (χ0) is 10.7. The average molecular weight is 218 g/mol. The number of nitrogen functional groups attached to an aromatic ring is 1. The molecule has 0 amide bonds. The van der Waals surface area contributed by atoms with Crippen LogP contribution in [0.5, 0.6) is 0 Å². The number of hydrogen-bond acceptors (Lipinski definition) is 5. The number of aryl methyl sites for hydroxylation is 1. The zero-order valence-electron chi connectivity index (χ0n) is 8.21. The summed E-state index contributed by atoms with van der Waals surface area (Å²) in [6, 6.07) is 5.50. The topological polar surface area (TPSA) is 64.7 Å². The van der Waals surface area contributed by atoms with Crippen molar-refractivity contribution in [2.24, 2.45) is 0 Å². The lowest BCUT2D eigenvalue weighted by Crippen LogP contribution is -1.94. The fourth-order valence-corrected chi connectivity index (χ4v) is 1.83. The van der Waals surface area contributed by atoms with Crippen molar-refractivity contribution in [2.45, 2.75) is 17.1 Å². The van der Waals surface area contributed by atoms with E-state index in [-0.39, 0.29) is 0 Å². The van der Waals surface area contributed by atoms with Crippen LogP contribution in [-0.2, 0) is 0 Å². The number of aromatic nitrogens is 3. The molecule has 0 aliphatic heterocycles. The first-order valence-electron chi connectivity index (χ1n) is 4.44. The van der Waals surface area contributed by atoms with Crippen LogP contribution < -0.4 is 5.73 Å². The number of anilines is 1. The summed E-state index contributed by atoms with van der Waals surface area (Å²) >= 11 is 1.37. The number of rotatable bonds is 2. The highest BCUT2D eigenvalue weighted by atomic mass is 32.2. The Balaban J connectivity index is 2.28. The van der Waals surface area contributed by atoms with Gasteiger partial charge in [0.1, 0.15) is 5.03 Å². The van der Waals surface area contributed by atoms with Crippen LogP contribution in [0.2, 0.25) is 0 Å². The van der Waals surface area contributed by atoms with E-state index in [1.54, 1.807) is 18.5 Å². The van der Waals surface area contributed by atoms with E-state index in [0.717, 1.165) is 10.7 Å². The summed E-state index contributed by atoms with van der Waals surface area (Å²) in [7, 11) is 0. The van der Waals surface area contributed by atoms with Crippen LogP contribution in [0.15, 0.2) is 40.8 Å². The van der Waals surface area contributed by atoms with Crippen LogP contribution in [0.4, 0.5) is 5.69 Å². The Morgan fingerprint density at radius 3 is 2.67 bits per heavy atom. The van der Waals surface area contributed by atoms with Crippen LogP contribution in [-0.4, -0.2) is 15.0 Å². The SMILES string of the molecule is Cc1ccc(N)c(Sc2ncccn2)n1. The molecule has 0 fully saturated rings. The smallest absolute Gasteiger partial charge is 0.193 e. The van der Waals surface area contributed by atoms with Gasteiger partial charge in [-0.15, -0.1) is 0 Å². The van der Waals surface area contributed by atoms with Gasteiger partial charge in [-0.2, -0.15) is 0 Å². The predicted octanol–water partition coefficient (Wildman–Crippen LogP) is 1.91. The third kappa shape index (κ3) is 2.44. The summed E-state index contributed by atoms with van der Waals surface area (Å²) < 4.78 is 0. The van der Waals surface area contributed by atoms with Crippen molar-refractivity contribution in [3.05, 3.63) is 36.3 Å². The maximum absolute atomic E-state index is 5.80. The van der Waals surface area contributed by atoms with E-state index in [2.05, 4.69) is 15.0 Å². The molecule has 0 saturated carbocycles. The molecule has 2 heterocycles. The molecule has 0 unspecified atom stereocenters. The van der Waals surface area contributed by atoms with E-state index in [1.165, 1.54) is 11.8 Å². The molecule has 0 bridgehead atoms. The molecule has 2 aromatic heterocycles. The summed E-state index contributed by atoms with van der Waals surface area (Å²) in [6.07, 6.45) is 3.39. The molecule has 0 atom stereocenters. The average Bonchev–Trinajstić information content (AvgIpc) is 2.25. The summed E-state index contributed by atoms with van der Waals surface area (Å²) in [5.74, 6) is 0. The normalized spacial score (nSPS) is 10.2. The van der Waals surface area contributed by atoms with Crippen molar-refractivity contribution in [1.82, 2.24) is 15.0 Å². The maximum Gasteiger partial charge on any atom is 0.193 e. The largest absolute Gasteiger partial charge is 0.397 e. The number of nitrogens with zero attached hydrogens (tertiary/aromatic N) is 3. The Morgan fingerprint density at radius 2 is 1.93 bits per heavy atom. The van der Waals surface area contributed by atoms with Gasteiger partial charge >= 0.3 is 0 Å². The second kappa shape index (κ2) is 4.27. The second-order valence-corrected chi connectivity index (χ2v) is 3.94. The van der Waals surface area contributed by atoms with Gasteiger partial charge in [0.2, 0.25) is 0 Å². The number of hydrogen-bond donors (Lipinski definition) is 1. The van der Waals surface area contributed by atoms with Crippen molar-refractivity contribution in [3.63, 3.8) is 0 Å². The van der Waals surface area contributed by atoms with Gasteiger partial charge in [-0.3, -0.25) is 0 Å². The van der Waals surface area contributed by atoms with Crippen LogP contribution in [0.3, 0.4) is 0 Å². The maximum atomic E-state index is 5.80. The van der Waals surface area contributed by atoms with Crippen molar-refractivity contribution in [3.8, 4) is 0 Å². The summed E-state index contributed by atoms with van der Waals surface area (Å²) in [4.78, 5) is 12.5. The molecule has 0 aliphatic carbocycles. The molecule has 76 valence electrons. The van der Waals surface area contributed by atoms with Crippen LogP contribution >= 0.6 is 11.8 Å². The van der Waals surface area contributed by atoms with Crippen molar-refractivity contribution in [2.75, 3.05) is 5.73 Å². The number of nitrogens with two attached hydrogens (primary N) is 1. The lowest BCUT2D eigenvalue weighted by molar-refractivity contribution is 0.958. The monoisotopic (exact) mass is 218 g/mol. The van der Waals surface area contributed by atoms with E-state index >= 15 is 0 Å². The van der Waals surface area contributed by atoms with E-state index in [4.69, 9.17) is 5.73 Å². The molecule has 15 heavy (non-hydrogen) atoms. The Kier molecular flexibility index (Phi) is 2.82. The molecule has 0 radical (unpaired) electrons. The van der Waals surface area contributed by atoms with E-state index in [0.29, 0.717) is 10.8 Å². The predicted molar refractivity (Wildman–Crippen MR) is 59.5 cm³/mol. The van der Waals surface area contributed by atoms with Gasteiger partial charge in [0.25, 0.3) is 0 Å². The lowest BCUT2D eigenvalue weighted by atomic mass is 10.3. The first kappa shape index (κ1) is 9.92. The minimum absolute atomic E-state index is 0.651. The van der Waals surface area contributed by atoms with E-state index in [9.17, 15) is 0 Å². The Labute approximate surface area is 92.0 Å². The fourth-order valence-electron chi connectivity index (χ4n) is 1.05. The standard InChI is InChI=1S/C10H10N4S/c1-7-3-4-8(11)9(14-7)15-10-12-5-2-6-13-10/h2-6H,11H2,1H3. The van der Waals surface area contributed by atoms with E-state index in [1.807, 2.05) is 19.1 Å². The minimum Gasteiger partial charge on any atom is -0.397 e. The summed E-state index contributed by atoms with van der Waals surface area (Å²) in [5, 5.41) is 1.41. The fraction of sp³-hybridized carbons (Fsp3) is 0.100. The van der Waals surface area contributed by atoms with Gasteiger partial charge in [-0.25, -0.2) is 15.0 Å². The summed E-state index contributed by atoms with van der Waals surface area (Å²) in [5.41, 5.74) is 7.38. The highest BCUT2D eigenvalue weighted by Crippen LogP contribution is 2.27. The van der Waals surface area contributed by atoms with Gasteiger partial charge < -0.3 is 5.73 Å². The lowest BCUT2D eigenvalue weighted by Gasteiger charge is -2.03. The third-order valence-electron chi connectivity index (χ3n) is 1.76. The van der Waals surface area contributed by atoms with Crippen LogP contribution in [0, 0.1) is 6.92 Å². The van der Waals surface area contributed by atoms with Crippen molar-refractivity contribution < 1.29 is 0 Å². The second-order valence-electron chi connectivity index (χ2n) is 2.98. The highest BCUT2D eigenvalue weighted by molar-refractivity contribution is 7.99. The first-order chi connectivity index (χ1) is 7.25. The molecular weight excluding hydrogens is 208 g/mol. The van der Waals surface area contributed by atoms with Gasteiger partial charge in [0.15, 0.2) is 5.16 Å². The van der Waals surface area contributed by atoms with Gasteiger partial charge in [-0.1, -0.05) is 0 Å². The zero-order valence-corrected chi connectivity index (χ0v) is 9.03. The molecule has 5 heteroatoms. The molecule has 2 rings (SSSR count). The quantitative estimate of drug-likeness (QED) is 0.780. The Morgan fingerprint density at radius 1 is 1.20 bits per heavy atom. The molecule has 2 aromatic rings.